The van der Waals surface area contributed by atoms with Crippen LogP contribution in [0.4, 0.5) is 5.69 Å². The van der Waals surface area contributed by atoms with Crippen molar-refractivity contribution in [3.63, 3.8) is 0 Å². The summed E-state index contributed by atoms with van der Waals surface area (Å²) in [4.78, 5) is 0. The van der Waals surface area contributed by atoms with E-state index in [0.717, 1.165) is 37.1 Å². The molecule has 0 aliphatic heterocycles. The van der Waals surface area contributed by atoms with Crippen LogP contribution >= 0.6 is 0 Å². The Morgan fingerprint density at radius 3 is 2.53 bits per heavy atom. The van der Waals surface area contributed by atoms with E-state index in [1.165, 1.54) is 0 Å². The Hall–Kier alpha value is -1.04. The third-order valence-electron chi connectivity index (χ3n) is 2.68. The van der Waals surface area contributed by atoms with Crippen molar-refractivity contribution in [2.24, 2.45) is 0 Å². The van der Waals surface area contributed by atoms with Gasteiger partial charge in [0.1, 0.15) is 5.75 Å². The highest BCUT2D eigenvalue weighted by molar-refractivity contribution is 6.44. The summed E-state index contributed by atoms with van der Waals surface area (Å²) in [5.41, 5.74) is 1.06. The van der Waals surface area contributed by atoms with Crippen molar-refractivity contribution in [2.75, 3.05) is 32.2 Å². The molecule has 1 N–H and O–H groups in total. The number of benzene rings is 1. The zero-order valence-electron chi connectivity index (χ0n) is 12.1. The van der Waals surface area contributed by atoms with Gasteiger partial charge in [-0.25, -0.2) is 0 Å². The Balaban J connectivity index is 2.25. The van der Waals surface area contributed by atoms with Crippen LogP contribution in [0.3, 0.4) is 0 Å². The molecule has 0 spiro atoms. The van der Waals surface area contributed by atoms with Gasteiger partial charge in [-0.1, -0.05) is 6.07 Å². The SMILES string of the molecule is CCO[SiH](CCCOc1cccc(NC)c1)OCC. The maximum atomic E-state index is 5.73. The molecule has 19 heavy (non-hydrogen) atoms. The Kier molecular flexibility index (Phi) is 8.29. The molecule has 0 bridgehead atoms. The molecule has 108 valence electrons. The fraction of sp³-hybridized carbons (Fsp3) is 0.571. The second-order valence-corrected chi connectivity index (χ2v) is 6.21. The van der Waals surface area contributed by atoms with Crippen LogP contribution in [0.25, 0.3) is 0 Å². The van der Waals surface area contributed by atoms with Crippen LogP contribution in [0.2, 0.25) is 6.04 Å². The zero-order valence-corrected chi connectivity index (χ0v) is 13.3. The van der Waals surface area contributed by atoms with Gasteiger partial charge >= 0.3 is 9.28 Å². The molecule has 0 saturated carbocycles. The van der Waals surface area contributed by atoms with E-state index >= 15 is 0 Å². The van der Waals surface area contributed by atoms with E-state index in [0.29, 0.717) is 6.61 Å². The van der Waals surface area contributed by atoms with Crippen LogP contribution in [0, 0.1) is 0 Å². The summed E-state index contributed by atoms with van der Waals surface area (Å²) in [6, 6.07) is 8.97. The van der Waals surface area contributed by atoms with Crippen molar-refractivity contribution in [2.45, 2.75) is 26.3 Å². The zero-order chi connectivity index (χ0) is 13.9. The molecule has 0 aliphatic carbocycles. The van der Waals surface area contributed by atoms with Gasteiger partial charge in [0.15, 0.2) is 0 Å². The summed E-state index contributed by atoms with van der Waals surface area (Å²) in [6.45, 7) is 6.21. The first kappa shape index (κ1) is 16.0. The van der Waals surface area contributed by atoms with Crippen LogP contribution in [0.5, 0.6) is 5.75 Å². The molecular formula is C14H25NO3Si. The maximum absolute atomic E-state index is 5.73. The molecule has 1 aromatic carbocycles. The first-order valence-corrected chi connectivity index (χ1v) is 8.69. The first-order chi connectivity index (χ1) is 9.30. The molecule has 0 unspecified atom stereocenters. The van der Waals surface area contributed by atoms with Crippen molar-refractivity contribution >= 4 is 15.0 Å². The summed E-state index contributed by atoms with van der Waals surface area (Å²) in [5, 5.41) is 3.10. The first-order valence-electron chi connectivity index (χ1n) is 6.94. The third-order valence-corrected chi connectivity index (χ3v) is 4.97. The van der Waals surface area contributed by atoms with E-state index < -0.39 is 9.28 Å². The monoisotopic (exact) mass is 283 g/mol. The highest BCUT2D eigenvalue weighted by Crippen LogP contribution is 2.17. The van der Waals surface area contributed by atoms with E-state index in [9.17, 15) is 0 Å². The van der Waals surface area contributed by atoms with E-state index in [4.69, 9.17) is 13.6 Å². The quantitative estimate of drug-likeness (QED) is 0.529. The molecule has 1 rings (SSSR count). The minimum atomic E-state index is -1.47. The van der Waals surface area contributed by atoms with Gasteiger partial charge in [0.05, 0.1) is 6.61 Å². The van der Waals surface area contributed by atoms with Crippen molar-refractivity contribution in [1.82, 2.24) is 0 Å². The van der Waals surface area contributed by atoms with E-state index in [1.54, 1.807) is 0 Å². The fourth-order valence-corrected chi connectivity index (χ4v) is 3.44. The molecule has 0 saturated heterocycles. The maximum Gasteiger partial charge on any atom is 0.321 e. The summed E-state index contributed by atoms with van der Waals surface area (Å²) in [6.07, 6.45) is 0.973. The van der Waals surface area contributed by atoms with Crippen molar-refractivity contribution in [3.8, 4) is 5.75 Å². The minimum absolute atomic E-state index is 0.705. The lowest BCUT2D eigenvalue weighted by Gasteiger charge is -2.14. The fourth-order valence-electron chi connectivity index (χ4n) is 1.77. The largest absolute Gasteiger partial charge is 0.494 e. The molecule has 1 aromatic rings. The van der Waals surface area contributed by atoms with E-state index in [2.05, 4.69) is 5.32 Å². The summed E-state index contributed by atoms with van der Waals surface area (Å²) in [7, 11) is 0.435. The average Bonchev–Trinajstić information content (AvgIpc) is 2.44. The van der Waals surface area contributed by atoms with Crippen LogP contribution in [0.15, 0.2) is 24.3 Å². The van der Waals surface area contributed by atoms with E-state index in [1.807, 2.05) is 45.2 Å². The lowest BCUT2D eigenvalue weighted by molar-refractivity contribution is 0.209. The highest BCUT2D eigenvalue weighted by atomic mass is 28.3. The topological polar surface area (TPSA) is 39.7 Å². The number of nitrogens with one attached hydrogen (secondary N) is 1. The number of ether oxygens (including phenoxy) is 1. The van der Waals surface area contributed by atoms with E-state index in [-0.39, 0.29) is 0 Å². The van der Waals surface area contributed by atoms with Gasteiger partial charge in [-0.15, -0.1) is 0 Å². The van der Waals surface area contributed by atoms with Gasteiger partial charge in [-0.3, -0.25) is 0 Å². The molecule has 0 amide bonds. The second kappa shape index (κ2) is 9.83. The lowest BCUT2D eigenvalue weighted by atomic mass is 10.3. The number of anilines is 1. The van der Waals surface area contributed by atoms with Crippen LogP contribution in [-0.4, -0.2) is 36.2 Å². The minimum Gasteiger partial charge on any atom is -0.494 e. The summed E-state index contributed by atoms with van der Waals surface area (Å²) >= 11 is 0. The lowest BCUT2D eigenvalue weighted by Crippen LogP contribution is -2.23. The predicted molar refractivity (Wildman–Crippen MR) is 81.3 cm³/mol. The average molecular weight is 283 g/mol. The standard InChI is InChI=1S/C14H25NO3Si/c1-4-17-19(18-5-2)11-7-10-16-14-9-6-8-13(12-14)15-3/h6,8-9,12,15,19H,4-5,7,10-11H2,1-3H3. The van der Waals surface area contributed by atoms with Crippen LogP contribution in [0.1, 0.15) is 20.3 Å². The molecule has 0 aromatic heterocycles. The van der Waals surface area contributed by atoms with Crippen molar-refractivity contribution in [3.05, 3.63) is 24.3 Å². The molecular weight excluding hydrogens is 258 g/mol. The second-order valence-electron chi connectivity index (χ2n) is 4.11. The Labute approximate surface area is 117 Å². The molecule has 0 aliphatic rings. The molecule has 0 fully saturated rings. The van der Waals surface area contributed by atoms with Crippen LogP contribution in [-0.2, 0) is 8.85 Å². The van der Waals surface area contributed by atoms with Gasteiger partial charge in [0, 0.05) is 32.0 Å². The number of hydrogen-bond donors (Lipinski definition) is 1. The molecule has 0 radical (unpaired) electrons. The Bertz CT molecular complexity index is 343. The third kappa shape index (κ3) is 6.61. The Morgan fingerprint density at radius 2 is 1.89 bits per heavy atom. The van der Waals surface area contributed by atoms with Gasteiger partial charge in [0.25, 0.3) is 0 Å². The molecule has 5 heteroatoms. The molecule has 0 heterocycles. The smallest absolute Gasteiger partial charge is 0.321 e. The highest BCUT2D eigenvalue weighted by Gasteiger charge is 2.11. The Morgan fingerprint density at radius 1 is 1.16 bits per heavy atom. The van der Waals surface area contributed by atoms with Gasteiger partial charge in [-0.05, 0) is 38.4 Å². The van der Waals surface area contributed by atoms with Crippen molar-refractivity contribution < 1.29 is 13.6 Å². The van der Waals surface area contributed by atoms with Crippen molar-refractivity contribution in [1.29, 1.82) is 0 Å². The van der Waals surface area contributed by atoms with Gasteiger partial charge in [0.2, 0.25) is 0 Å². The van der Waals surface area contributed by atoms with Gasteiger partial charge < -0.3 is 18.9 Å². The summed E-state index contributed by atoms with van der Waals surface area (Å²) < 4.78 is 17.0. The van der Waals surface area contributed by atoms with Gasteiger partial charge in [-0.2, -0.15) is 0 Å². The molecule has 4 nitrogen and oxygen atoms in total. The molecule has 0 atom stereocenters. The number of hydrogen-bond acceptors (Lipinski definition) is 4. The van der Waals surface area contributed by atoms with Crippen LogP contribution < -0.4 is 10.1 Å². The normalized spacial score (nSPS) is 10.7. The number of rotatable bonds is 10. The predicted octanol–water partition coefficient (Wildman–Crippen LogP) is 2.79. The summed E-state index contributed by atoms with van der Waals surface area (Å²) in [5.74, 6) is 0.901.